The molecule has 3 aromatic rings. The molecule has 1 N–H and O–H groups in total. The highest BCUT2D eigenvalue weighted by atomic mass is 16.3. The Morgan fingerprint density at radius 2 is 1.72 bits per heavy atom. The van der Waals surface area contributed by atoms with Crippen molar-refractivity contribution in [3.63, 3.8) is 0 Å². The highest BCUT2D eigenvalue weighted by Crippen LogP contribution is 2.19. The summed E-state index contributed by atoms with van der Waals surface area (Å²) in [5.74, 6) is 0.393. The van der Waals surface area contributed by atoms with Gasteiger partial charge in [-0.2, -0.15) is 0 Å². The zero-order valence-electron chi connectivity index (χ0n) is 9.34. The summed E-state index contributed by atoms with van der Waals surface area (Å²) >= 11 is 0. The first kappa shape index (κ1) is 10.5. The zero-order valence-corrected chi connectivity index (χ0v) is 9.34. The lowest BCUT2D eigenvalue weighted by Crippen LogP contribution is -2.09. The first-order valence-corrected chi connectivity index (χ1v) is 5.47. The van der Waals surface area contributed by atoms with E-state index < -0.39 is 0 Å². The number of aromatic amines is 1. The molecule has 0 radical (unpaired) electrons. The maximum atomic E-state index is 11.9. The lowest BCUT2D eigenvalue weighted by molar-refractivity contribution is 0.614. The monoisotopic (exact) mass is 239 g/mol. The second-order valence-electron chi connectivity index (χ2n) is 3.89. The molecule has 0 amide bonds. The molecule has 2 aromatic heterocycles. The van der Waals surface area contributed by atoms with Gasteiger partial charge < -0.3 is 9.40 Å². The van der Waals surface area contributed by atoms with Gasteiger partial charge in [0.2, 0.25) is 16.4 Å². The molecule has 0 aliphatic rings. The molecule has 0 saturated carbocycles. The van der Waals surface area contributed by atoms with Crippen molar-refractivity contribution in [1.82, 2.24) is 4.98 Å². The summed E-state index contributed by atoms with van der Waals surface area (Å²) in [7, 11) is 0. The van der Waals surface area contributed by atoms with Gasteiger partial charge in [0.1, 0.15) is 11.3 Å². The molecule has 18 heavy (non-hydrogen) atoms. The second-order valence-corrected chi connectivity index (χ2v) is 3.89. The van der Waals surface area contributed by atoms with Crippen molar-refractivity contribution in [2.75, 3.05) is 0 Å². The van der Waals surface area contributed by atoms with Crippen molar-refractivity contribution in [2.45, 2.75) is 0 Å². The lowest BCUT2D eigenvalue weighted by atomic mass is 10.1. The fraction of sp³-hybridized carbons (Fsp3) is 0. The van der Waals surface area contributed by atoms with Gasteiger partial charge in [-0.15, -0.1) is 0 Å². The van der Waals surface area contributed by atoms with E-state index in [2.05, 4.69) is 4.98 Å². The molecule has 0 spiro atoms. The van der Waals surface area contributed by atoms with E-state index in [4.69, 9.17) is 4.42 Å². The van der Waals surface area contributed by atoms with Crippen molar-refractivity contribution in [2.24, 2.45) is 0 Å². The minimum absolute atomic E-state index is 0.0591. The van der Waals surface area contributed by atoms with E-state index in [0.29, 0.717) is 5.76 Å². The summed E-state index contributed by atoms with van der Waals surface area (Å²) in [6.45, 7) is 0. The van der Waals surface area contributed by atoms with E-state index in [9.17, 15) is 9.59 Å². The summed E-state index contributed by atoms with van der Waals surface area (Å²) < 4.78 is 5.52. The van der Waals surface area contributed by atoms with Crippen molar-refractivity contribution >= 4 is 11.1 Å². The van der Waals surface area contributed by atoms with Crippen LogP contribution in [0.5, 0.6) is 0 Å². The number of aromatic nitrogens is 1. The fourth-order valence-electron chi connectivity index (χ4n) is 1.82. The first-order valence-electron chi connectivity index (χ1n) is 5.47. The van der Waals surface area contributed by atoms with Crippen molar-refractivity contribution in [1.29, 1.82) is 0 Å². The number of fused-ring (bicyclic) bond motifs is 1. The largest absolute Gasteiger partial charge is 0.450 e. The van der Waals surface area contributed by atoms with Crippen LogP contribution in [0.1, 0.15) is 0 Å². The molecule has 4 nitrogen and oxygen atoms in total. The minimum atomic E-state index is -0.307. The Labute approximate surface area is 102 Å². The quantitative estimate of drug-likeness (QED) is 0.707. The average molecular weight is 239 g/mol. The molecular formula is C14H9NO3. The molecule has 2 heterocycles. The maximum absolute atomic E-state index is 11.9. The van der Waals surface area contributed by atoms with Crippen molar-refractivity contribution < 1.29 is 4.42 Å². The summed E-state index contributed by atoms with van der Waals surface area (Å²) in [4.78, 5) is 26.3. The normalized spacial score (nSPS) is 10.7. The van der Waals surface area contributed by atoms with E-state index in [0.717, 1.165) is 5.56 Å². The topological polar surface area (TPSA) is 63.1 Å². The van der Waals surface area contributed by atoms with Gasteiger partial charge >= 0.3 is 0 Å². The number of rotatable bonds is 1. The smallest absolute Gasteiger partial charge is 0.224 e. The van der Waals surface area contributed by atoms with Crippen LogP contribution in [-0.4, -0.2) is 4.98 Å². The fourth-order valence-corrected chi connectivity index (χ4v) is 1.82. The Morgan fingerprint density at radius 3 is 2.50 bits per heavy atom. The maximum Gasteiger partial charge on any atom is 0.224 e. The van der Waals surface area contributed by atoms with Gasteiger partial charge in [-0.1, -0.05) is 30.3 Å². The average Bonchev–Trinajstić information content (AvgIpc) is 2.41. The molecule has 0 aliphatic carbocycles. The molecule has 1 aromatic carbocycles. The minimum Gasteiger partial charge on any atom is -0.450 e. The standard InChI is InChI=1S/C14H9NO3/c16-10-6-7-15-13-11(17)8-12(18-14(10)13)9-4-2-1-3-5-9/h1-8H,(H,15,16). The third-order valence-electron chi connectivity index (χ3n) is 2.69. The molecule has 0 bridgehead atoms. The summed E-state index contributed by atoms with van der Waals surface area (Å²) in [5.41, 5.74) is 0.456. The lowest BCUT2D eigenvalue weighted by Gasteiger charge is -2.01. The summed E-state index contributed by atoms with van der Waals surface area (Å²) in [5, 5.41) is 0. The van der Waals surface area contributed by atoms with Crippen LogP contribution in [0.3, 0.4) is 0 Å². The van der Waals surface area contributed by atoms with Crippen LogP contribution in [0, 0.1) is 0 Å². The number of nitrogens with one attached hydrogen (secondary N) is 1. The molecular weight excluding hydrogens is 230 g/mol. The molecule has 3 rings (SSSR count). The van der Waals surface area contributed by atoms with Crippen LogP contribution in [0.25, 0.3) is 22.4 Å². The molecule has 0 atom stereocenters. The molecule has 0 unspecified atom stereocenters. The van der Waals surface area contributed by atoms with Gasteiger partial charge in [-0.25, -0.2) is 0 Å². The number of pyridine rings is 1. The van der Waals surface area contributed by atoms with Gasteiger partial charge in [-0.05, 0) is 0 Å². The molecule has 0 fully saturated rings. The third kappa shape index (κ3) is 1.64. The second kappa shape index (κ2) is 4.00. The number of benzene rings is 1. The highest BCUT2D eigenvalue weighted by molar-refractivity contribution is 5.74. The van der Waals surface area contributed by atoms with Crippen LogP contribution in [0.4, 0.5) is 0 Å². The van der Waals surface area contributed by atoms with Crippen LogP contribution >= 0.6 is 0 Å². The molecule has 88 valence electrons. The van der Waals surface area contributed by atoms with Crippen molar-refractivity contribution in [3.05, 3.63) is 69.1 Å². The van der Waals surface area contributed by atoms with E-state index in [-0.39, 0.29) is 22.0 Å². The first-order chi connectivity index (χ1) is 8.75. The van der Waals surface area contributed by atoms with Crippen LogP contribution in [0.15, 0.2) is 62.7 Å². The predicted octanol–water partition coefficient (Wildman–Crippen LogP) is 2.15. The Hall–Kier alpha value is -2.62. The van der Waals surface area contributed by atoms with Gasteiger partial charge in [0.05, 0.1) is 0 Å². The van der Waals surface area contributed by atoms with Crippen LogP contribution in [-0.2, 0) is 0 Å². The van der Waals surface area contributed by atoms with Gasteiger partial charge in [0, 0.05) is 23.9 Å². The zero-order chi connectivity index (χ0) is 12.5. The Kier molecular flexibility index (Phi) is 2.34. The van der Waals surface area contributed by atoms with E-state index in [1.165, 1.54) is 18.3 Å². The molecule has 0 aliphatic heterocycles. The van der Waals surface area contributed by atoms with Crippen LogP contribution in [0.2, 0.25) is 0 Å². The third-order valence-corrected chi connectivity index (χ3v) is 2.69. The Morgan fingerprint density at radius 1 is 0.944 bits per heavy atom. The number of hydrogen-bond donors (Lipinski definition) is 1. The molecule has 0 saturated heterocycles. The van der Waals surface area contributed by atoms with Crippen LogP contribution < -0.4 is 10.9 Å². The number of hydrogen-bond acceptors (Lipinski definition) is 3. The van der Waals surface area contributed by atoms with E-state index in [1.54, 1.807) is 0 Å². The SMILES string of the molecule is O=c1cc(-c2ccccc2)oc2c(=O)cc[nH]c12. The highest BCUT2D eigenvalue weighted by Gasteiger charge is 2.08. The summed E-state index contributed by atoms with van der Waals surface area (Å²) in [6.07, 6.45) is 1.43. The van der Waals surface area contributed by atoms with E-state index in [1.807, 2.05) is 30.3 Å². The van der Waals surface area contributed by atoms with Gasteiger partial charge in [-0.3, -0.25) is 9.59 Å². The summed E-state index contributed by atoms with van der Waals surface area (Å²) in [6, 6.07) is 11.9. The molecule has 4 heteroatoms. The van der Waals surface area contributed by atoms with Crippen molar-refractivity contribution in [3.8, 4) is 11.3 Å². The number of H-pyrrole nitrogens is 1. The predicted molar refractivity (Wildman–Crippen MR) is 68.5 cm³/mol. The Bertz CT molecular complexity index is 816. The van der Waals surface area contributed by atoms with Gasteiger partial charge in [0.25, 0.3) is 0 Å². The Balaban J connectivity index is 2.38. The van der Waals surface area contributed by atoms with E-state index >= 15 is 0 Å². The van der Waals surface area contributed by atoms with Gasteiger partial charge in [0.15, 0.2) is 0 Å².